The van der Waals surface area contributed by atoms with Crippen LogP contribution in [0.3, 0.4) is 0 Å². The van der Waals surface area contributed by atoms with Crippen LogP contribution in [-0.2, 0) is 0 Å². The van der Waals surface area contributed by atoms with Crippen molar-refractivity contribution in [2.75, 3.05) is 13.1 Å². The van der Waals surface area contributed by atoms with E-state index < -0.39 is 11.6 Å². The van der Waals surface area contributed by atoms with Gasteiger partial charge >= 0.3 is 0 Å². The molecular formula is C10H19N2O2-. The molecule has 4 heteroatoms. The molecule has 0 spiro atoms. The Morgan fingerprint density at radius 2 is 1.71 bits per heavy atom. The van der Waals surface area contributed by atoms with Gasteiger partial charge in [-0.25, -0.2) is 5.01 Å². The number of amides is 1. The van der Waals surface area contributed by atoms with Crippen LogP contribution < -0.4 is 5.11 Å². The average molecular weight is 199 g/mol. The Morgan fingerprint density at radius 3 is 2.07 bits per heavy atom. The highest BCUT2D eigenvalue weighted by atomic mass is 16.4. The Morgan fingerprint density at radius 1 is 1.21 bits per heavy atom. The molecule has 4 nitrogen and oxygen atoms in total. The summed E-state index contributed by atoms with van der Waals surface area (Å²) in [6.07, 6.45) is 2.24. The monoisotopic (exact) mass is 199 g/mol. The summed E-state index contributed by atoms with van der Waals surface area (Å²) in [6.45, 7) is 7.31. The molecule has 0 aliphatic carbocycles. The van der Waals surface area contributed by atoms with Gasteiger partial charge in [-0.1, -0.05) is 6.42 Å². The highest BCUT2D eigenvalue weighted by Crippen LogP contribution is 2.19. The highest BCUT2D eigenvalue weighted by molar-refractivity contribution is 5.62. The molecule has 0 N–H and O–H groups in total. The maximum Gasteiger partial charge on any atom is 0.152 e. The minimum absolute atomic E-state index is 0.407. The maximum absolute atomic E-state index is 11.0. The molecule has 0 bridgehead atoms. The molecule has 1 heterocycles. The van der Waals surface area contributed by atoms with Crippen LogP contribution in [0.15, 0.2) is 0 Å². The normalized spacial score (nSPS) is 19.4. The van der Waals surface area contributed by atoms with Gasteiger partial charge < -0.3 is 9.90 Å². The lowest BCUT2D eigenvalue weighted by atomic mass is 10.1. The summed E-state index contributed by atoms with van der Waals surface area (Å²) >= 11 is 0. The quantitative estimate of drug-likeness (QED) is 0.628. The molecule has 1 aliphatic rings. The maximum atomic E-state index is 11.0. The third-order valence-corrected chi connectivity index (χ3v) is 2.42. The standard InChI is InChI=1S/C10H20N2O2/c1-10(2,3)12(9(13)14)11-7-5-4-6-8-11/h4-8H2,1-3H3,(H,13,14)/p-1. The predicted octanol–water partition coefficient (Wildman–Crippen LogP) is 0.831. The second-order valence-corrected chi connectivity index (χ2v) is 4.76. The number of carbonyl (C=O) groups is 1. The summed E-state index contributed by atoms with van der Waals surface area (Å²) in [6, 6.07) is 0. The molecule has 14 heavy (non-hydrogen) atoms. The summed E-state index contributed by atoms with van der Waals surface area (Å²) in [4.78, 5) is 11.0. The van der Waals surface area contributed by atoms with Crippen molar-refractivity contribution in [1.82, 2.24) is 10.0 Å². The number of carboxylic acid groups (broad SMARTS) is 1. The van der Waals surface area contributed by atoms with E-state index >= 15 is 0 Å². The average Bonchev–Trinajstić information content (AvgIpc) is 2.02. The largest absolute Gasteiger partial charge is 0.529 e. The van der Waals surface area contributed by atoms with Crippen LogP contribution in [0.2, 0.25) is 0 Å². The van der Waals surface area contributed by atoms with Gasteiger partial charge in [-0.2, -0.15) is 0 Å². The first kappa shape index (κ1) is 11.3. The summed E-state index contributed by atoms with van der Waals surface area (Å²) in [5.41, 5.74) is -0.407. The molecular weight excluding hydrogens is 180 g/mol. The second kappa shape index (κ2) is 4.17. The molecule has 0 radical (unpaired) electrons. The van der Waals surface area contributed by atoms with Crippen LogP contribution in [0.5, 0.6) is 0 Å². The van der Waals surface area contributed by atoms with Crippen molar-refractivity contribution in [2.45, 2.75) is 45.6 Å². The first-order valence-corrected chi connectivity index (χ1v) is 5.19. The Hall–Kier alpha value is -0.770. The van der Waals surface area contributed by atoms with E-state index in [9.17, 15) is 9.90 Å². The van der Waals surface area contributed by atoms with Gasteiger partial charge in [0.25, 0.3) is 0 Å². The molecule has 0 aromatic carbocycles. The van der Waals surface area contributed by atoms with Gasteiger partial charge in [-0.3, -0.25) is 5.01 Å². The lowest BCUT2D eigenvalue weighted by Crippen LogP contribution is -2.61. The molecule has 0 unspecified atom stereocenters. The molecule has 1 aliphatic heterocycles. The van der Waals surface area contributed by atoms with Crippen LogP contribution in [0.25, 0.3) is 0 Å². The fourth-order valence-electron chi connectivity index (χ4n) is 1.89. The van der Waals surface area contributed by atoms with Crippen LogP contribution >= 0.6 is 0 Å². The summed E-state index contributed by atoms with van der Waals surface area (Å²) in [7, 11) is 0. The van der Waals surface area contributed by atoms with Gasteiger partial charge in [0.1, 0.15) is 0 Å². The number of hydrogen-bond donors (Lipinski definition) is 0. The van der Waals surface area contributed by atoms with Gasteiger partial charge in [0, 0.05) is 18.6 Å². The zero-order chi connectivity index (χ0) is 10.8. The van der Waals surface area contributed by atoms with E-state index in [0.717, 1.165) is 25.9 Å². The Kier molecular flexibility index (Phi) is 3.37. The third-order valence-electron chi connectivity index (χ3n) is 2.42. The number of hydrazine groups is 1. The third kappa shape index (κ3) is 2.61. The fourth-order valence-corrected chi connectivity index (χ4v) is 1.89. The number of carbonyl (C=O) groups excluding carboxylic acids is 1. The SMILES string of the molecule is CC(C)(C)N(C(=O)[O-])N1CCCCC1. The Labute approximate surface area is 85.5 Å². The summed E-state index contributed by atoms with van der Waals surface area (Å²) in [5, 5.41) is 14.3. The van der Waals surface area contributed by atoms with Gasteiger partial charge in [-0.05, 0) is 33.6 Å². The molecule has 0 aromatic rings. The number of rotatable bonds is 1. The first-order chi connectivity index (χ1) is 6.43. The van der Waals surface area contributed by atoms with E-state index in [2.05, 4.69) is 0 Å². The molecule has 0 atom stereocenters. The van der Waals surface area contributed by atoms with Gasteiger partial charge in [0.2, 0.25) is 0 Å². The minimum atomic E-state index is -1.10. The van der Waals surface area contributed by atoms with Crippen LogP contribution in [0.4, 0.5) is 4.79 Å². The fraction of sp³-hybridized carbons (Fsp3) is 0.900. The number of piperidine rings is 1. The molecule has 82 valence electrons. The van der Waals surface area contributed by atoms with E-state index in [-0.39, 0.29) is 0 Å². The van der Waals surface area contributed by atoms with Crippen molar-refractivity contribution in [1.29, 1.82) is 0 Å². The van der Waals surface area contributed by atoms with Crippen LogP contribution in [0, 0.1) is 0 Å². The van der Waals surface area contributed by atoms with Crippen molar-refractivity contribution in [2.24, 2.45) is 0 Å². The van der Waals surface area contributed by atoms with E-state index in [0.29, 0.717) is 0 Å². The highest BCUT2D eigenvalue weighted by Gasteiger charge is 2.28. The lowest BCUT2D eigenvalue weighted by Gasteiger charge is -2.46. The van der Waals surface area contributed by atoms with Crippen molar-refractivity contribution in [3.8, 4) is 0 Å². The van der Waals surface area contributed by atoms with Crippen LogP contribution in [-0.4, -0.2) is 34.7 Å². The molecule has 0 aromatic heterocycles. The van der Waals surface area contributed by atoms with E-state index in [1.54, 1.807) is 0 Å². The predicted molar refractivity (Wildman–Crippen MR) is 52.4 cm³/mol. The number of hydrogen-bond acceptors (Lipinski definition) is 3. The van der Waals surface area contributed by atoms with Crippen molar-refractivity contribution in [3.63, 3.8) is 0 Å². The van der Waals surface area contributed by atoms with E-state index in [1.807, 2.05) is 25.8 Å². The van der Waals surface area contributed by atoms with Crippen molar-refractivity contribution < 1.29 is 9.90 Å². The molecule has 1 amide bonds. The zero-order valence-corrected chi connectivity index (χ0v) is 9.25. The minimum Gasteiger partial charge on any atom is -0.529 e. The lowest BCUT2D eigenvalue weighted by molar-refractivity contribution is -0.291. The summed E-state index contributed by atoms with van der Waals surface area (Å²) in [5.74, 6) is 0. The van der Waals surface area contributed by atoms with Crippen molar-refractivity contribution in [3.05, 3.63) is 0 Å². The summed E-state index contributed by atoms with van der Waals surface area (Å²) < 4.78 is 0. The Balaban J connectivity index is 2.71. The molecule has 1 fully saturated rings. The first-order valence-electron chi connectivity index (χ1n) is 5.19. The molecule has 0 saturated carbocycles. The molecule has 1 rings (SSSR count). The van der Waals surface area contributed by atoms with Crippen LogP contribution in [0.1, 0.15) is 40.0 Å². The number of nitrogens with zero attached hydrogens (tertiary/aromatic N) is 2. The smallest absolute Gasteiger partial charge is 0.152 e. The van der Waals surface area contributed by atoms with E-state index in [1.165, 1.54) is 11.4 Å². The Bertz CT molecular complexity index is 205. The molecule has 1 saturated heterocycles. The van der Waals surface area contributed by atoms with Gasteiger partial charge in [0.05, 0.1) is 0 Å². The second-order valence-electron chi connectivity index (χ2n) is 4.76. The van der Waals surface area contributed by atoms with E-state index in [4.69, 9.17) is 0 Å². The van der Waals surface area contributed by atoms with Gasteiger partial charge in [0.15, 0.2) is 6.09 Å². The van der Waals surface area contributed by atoms with Gasteiger partial charge in [-0.15, -0.1) is 0 Å². The van der Waals surface area contributed by atoms with Crippen molar-refractivity contribution >= 4 is 6.09 Å². The topological polar surface area (TPSA) is 46.6 Å². The zero-order valence-electron chi connectivity index (χ0n) is 9.25.